The highest BCUT2D eigenvalue weighted by atomic mass is 32.1. The number of thiophene rings is 1. The van der Waals surface area contributed by atoms with Gasteiger partial charge in [-0.3, -0.25) is 10.1 Å². The Morgan fingerprint density at radius 3 is 2.83 bits per heavy atom. The number of benzene rings is 1. The monoisotopic (exact) mass is 336 g/mol. The van der Waals surface area contributed by atoms with Crippen LogP contribution in [0, 0.1) is 6.92 Å². The lowest BCUT2D eigenvalue weighted by molar-refractivity contribution is 0.102. The number of aromatic amines is 1. The number of aryl methyl sites for hydroxylation is 1. The molecule has 0 saturated carbocycles. The zero-order valence-corrected chi connectivity index (χ0v) is 13.5. The number of para-hydroxylation sites is 1. The number of rotatable bonds is 3. The van der Waals surface area contributed by atoms with Crippen LogP contribution in [0.5, 0.6) is 0 Å². The third-order valence-corrected chi connectivity index (χ3v) is 4.55. The summed E-state index contributed by atoms with van der Waals surface area (Å²) in [5.74, 6) is -0.168. The summed E-state index contributed by atoms with van der Waals surface area (Å²) in [6.45, 7) is 2.04. The van der Waals surface area contributed by atoms with E-state index in [0.717, 1.165) is 21.5 Å². The number of H-pyrrole nitrogens is 1. The number of carbonyl (C=O) groups is 1. The van der Waals surface area contributed by atoms with Crippen LogP contribution in [0.15, 0.2) is 42.5 Å². The van der Waals surface area contributed by atoms with Crippen molar-refractivity contribution < 1.29 is 4.79 Å². The van der Waals surface area contributed by atoms with E-state index < -0.39 is 0 Å². The van der Waals surface area contributed by atoms with Crippen LogP contribution in [0.1, 0.15) is 15.2 Å². The number of nitrogens with one attached hydrogen (secondary N) is 2. The van der Waals surface area contributed by atoms with Crippen molar-refractivity contribution in [2.75, 3.05) is 5.32 Å². The lowest BCUT2D eigenvalue weighted by atomic mass is 10.1. The van der Waals surface area contributed by atoms with Crippen LogP contribution in [0.25, 0.3) is 21.5 Å². The van der Waals surface area contributed by atoms with E-state index in [1.807, 2.05) is 43.3 Å². The summed E-state index contributed by atoms with van der Waals surface area (Å²) in [7, 11) is 0. The first kappa shape index (κ1) is 14.5. The van der Waals surface area contributed by atoms with E-state index in [1.165, 1.54) is 4.88 Å². The van der Waals surface area contributed by atoms with E-state index in [1.54, 1.807) is 17.4 Å². The maximum absolute atomic E-state index is 12.7. The predicted molar refractivity (Wildman–Crippen MR) is 91.9 cm³/mol. The van der Waals surface area contributed by atoms with Crippen molar-refractivity contribution >= 4 is 34.1 Å². The van der Waals surface area contributed by atoms with Gasteiger partial charge < -0.3 is 0 Å². The first-order valence-electron chi connectivity index (χ1n) is 7.22. The number of hydrogen-bond acceptors (Lipinski definition) is 6. The maximum atomic E-state index is 12.7. The lowest BCUT2D eigenvalue weighted by Crippen LogP contribution is -2.14. The second-order valence-electron chi connectivity index (χ2n) is 5.17. The average Bonchev–Trinajstić information content (AvgIpc) is 3.25. The molecule has 2 N–H and O–H groups in total. The summed E-state index contributed by atoms with van der Waals surface area (Å²) in [5, 5.41) is 16.7. The van der Waals surface area contributed by atoms with Gasteiger partial charge in [0.1, 0.15) is 0 Å². The van der Waals surface area contributed by atoms with Crippen molar-refractivity contribution in [3.05, 3.63) is 52.9 Å². The van der Waals surface area contributed by atoms with Gasteiger partial charge in [0.05, 0.1) is 21.7 Å². The Balaban J connectivity index is 1.84. The smallest absolute Gasteiger partial charge is 0.270 e. The molecule has 7 nitrogen and oxygen atoms in total. The first-order chi connectivity index (χ1) is 11.7. The molecule has 1 aromatic carbocycles. The first-order valence-corrected chi connectivity index (χ1v) is 8.04. The minimum Gasteiger partial charge on any atom is -0.288 e. The number of carbonyl (C=O) groups excluding carboxylic acids is 1. The number of nitrogens with zero attached hydrogens (tertiary/aromatic N) is 4. The molecule has 0 fully saturated rings. The summed E-state index contributed by atoms with van der Waals surface area (Å²) in [5.41, 5.74) is 2.05. The normalized spacial score (nSPS) is 10.9. The molecule has 0 radical (unpaired) electrons. The van der Waals surface area contributed by atoms with Crippen molar-refractivity contribution in [2.45, 2.75) is 6.92 Å². The Labute approximate surface area is 140 Å². The molecule has 24 heavy (non-hydrogen) atoms. The fourth-order valence-electron chi connectivity index (χ4n) is 2.45. The molecule has 0 bridgehead atoms. The molecule has 0 aliphatic carbocycles. The van der Waals surface area contributed by atoms with Crippen molar-refractivity contribution in [1.29, 1.82) is 0 Å². The van der Waals surface area contributed by atoms with E-state index in [2.05, 4.69) is 30.9 Å². The molecule has 0 spiro atoms. The summed E-state index contributed by atoms with van der Waals surface area (Å²) < 4.78 is 0. The molecule has 0 aliphatic rings. The Morgan fingerprint density at radius 2 is 2.08 bits per heavy atom. The van der Waals surface area contributed by atoms with Gasteiger partial charge in [0.25, 0.3) is 11.9 Å². The van der Waals surface area contributed by atoms with Crippen LogP contribution in [0.4, 0.5) is 5.95 Å². The number of tetrazole rings is 1. The Bertz CT molecular complexity index is 1020. The Hall–Kier alpha value is -3.13. The fourth-order valence-corrected chi connectivity index (χ4v) is 3.27. The van der Waals surface area contributed by atoms with Gasteiger partial charge in [-0.2, -0.15) is 5.21 Å². The summed E-state index contributed by atoms with van der Waals surface area (Å²) >= 11 is 1.64. The number of fused-ring (bicyclic) bond motifs is 1. The van der Waals surface area contributed by atoms with Gasteiger partial charge in [-0.25, -0.2) is 4.98 Å². The van der Waals surface area contributed by atoms with Gasteiger partial charge in [0.2, 0.25) is 0 Å². The highest BCUT2D eigenvalue weighted by molar-refractivity contribution is 7.15. The van der Waals surface area contributed by atoms with Crippen LogP contribution in [0.2, 0.25) is 0 Å². The van der Waals surface area contributed by atoms with Crippen LogP contribution in [-0.4, -0.2) is 31.5 Å². The Kier molecular flexibility index (Phi) is 3.51. The molecular weight excluding hydrogens is 324 g/mol. The van der Waals surface area contributed by atoms with Gasteiger partial charge >= 0.3 is 0 Å². The summed E-state index contributed by atoms with van der Waals surface area (Å²) in [6, 6.07) is 13.4. The van der Waals surface area contributed by atoms with Gasteiger partial charge in [-0.05, 0) is 36.4 Å². The standard InChI is InChI=1S/C16H12N6OS/c1-9-6-7-14(24-9)13-8-11(10-4-2-3-5-12(10)17-13)15(23)18-16-19-21-22-20-16/h2-8H,1H3,(H2,18,19,20,21,22,23). The van der Waals surface area contributed by atoms with E-state index in [-0.39, 0.29) is 11.9 Å². The van der Waals surface area contributed by atoms with Gasteiger partial charge in [0, 0.05) is 10.3 Å². The third-order valence-electron chi connectivity index (χ3n) is 3.52. The van der Waals surface area contributed by atoms with Crippen molar-refractivity contribution in [2.24, 2.45) is 0 Å². The fraction of sp³-hybridized carbons (Fsp3) is 0.0625. The van der Waals surface area contributed by atoms with Gasteiger partial charge in [-0.15, -0.1) is 16.4 Å². The van der Waals surface area contributed by atoms with E-state index in [0.29, 0.717) is 5.56 Å². The average molecular weight is 336 g/mol. The molecule has 8 heteroatoms. The number of anilines is 1. The quantitative estimate of drug-likeness (QED) is 0.599. The topological polar surface area (TPSA) is 96.5 Å². The molecular formula is C16H12N6OS. The van der Waals surface area contributed by atoms with E-state index >= 15 is 0 Å². The molecule has 3 heterocycles. The van der Waals surface area contributed by atoms with Crippen molar-refractivity contribution in [3.8, 4) is 10.6 Å². The predicted octanol–water partition coefficient (Wildman–Crippen LogP) is 3.04. The van der Waals surface area contributed by atoms with Crippen LogP contribution >= 0.6 is 11.3 Å². The molecule has 118 valence electrons. The molecule has 4 rings (SSSR count). The largest absolute Gasteiger partial charge is 0.288 e. The molecule has 0 atom stereocenters. The highest BCUT2D eigenvalue weighted by Gasteiger charge is 2.16. The minimum atomic E-state index is -0.301. The van der Waals surface area contributed by atoms with E-state index in [4.69, 9.17) is 0 Å². The van der Waals surface area contributed by atoms with Gasteiger partial charge in [0.15, 0.2) is 0 Å². The number of amides is 1. The van der Waals surface area contributed by atoms with Crippen LogP contribution in [-0.2, 0) is 0 Å². The Morgan fingerprint density at radius 1 is 1.21 bits per heavy atom. The molecule has 1 amide bonds. The zero-order valence-electron chi connectivity index (χ0n) is 12.6. The molecule has 0 unspecified atom stereocenters. The molecule has 0 aliphatic heterocycles. The molecule has 3 aromatic heterocycles. The highest BCUT2D eigenvalue weighted by Crippen LogP contribution is 2.30. The number of hydrogen-bond donors (Lipinski definition) is 2. The number of aromatic nitrogens is 5. The minimum absolute atomic E-state index is 0.134. The molecule has 0 saturated heterocycles. The van der Waals surface area contributed by atoms with Crippen molar-refractivity contribution in [3.63, 3.8) is 0 Å². The second kappa shape index (κ2) is 5.82. The van der Waals surface area contributed by atoms with Crippen LogP contribution < -0.4 is 5.32 Å². The lowest BCUT2D eigenvalue weighted by Gasteiger charge is -2.08. The van der Waals surface area contributed by atoms with E-state index in [9.17, 15) is 4.79 Å². The molecule has 4 aromatic rings. The SMILES string of the molecule is Cc1ccc(-c2cc(C(=O)Nc3nn[nH]n3)c3ccccc3n2)s1. The second-order valence-corrected chi connectivity index (χ2v) is 6.46. The summed E-state index contributed by atoms with van der Waals surface area (Å²) in [6.07, 6.45) is 0. The third kappa shape index (κ3) is 2.63. The maximum Gasteiger partial charge on any atom is 0.270 e. The van der Waals surface area contributed by atoms with Crippen LogP contribution in [0.3, 0.4) is 0 Å². The van der Waals surface area contributed by atoms with Crippen molar-refractivity contribution in [1.82, 2.24) is 25.6 Å². The summed E-state index contributed by atoms with van der Waals surface area (Å²) in [4.78, 5) is 19.5. The number of pyridine rings is 1. The van der Waals surface area contributed by atoms with Gasteiger partial charge in [-0.1, -0.05) is 23.3 Å². The zero-order chi connectivity index (χ0) is 16.5.